The quantitative estimate of drug-likeness (QED) is 0.0108. The molecule has 27 heteroatoms. The van der Waals surface area contributed by atoms with Gasteiger partial charge in [-0.15, -0.1) is 0 Å². The van der Waals surface area contributed by atoms with Crippen LogP contribution in [0.2, 0.25) is 0 Å². The van der Waals surface area contributed by atoms with Gasteiger partial charge in [0, 0.05) is 63.7 Å². The van der Waals surface area contributed by atoms with E-state index in [1.807, 2.05) is 94.0 Å². The summed E-state index contributed by atoms with van der Waals surface area (Å²) in [6.07, 6.45) is 9.99. The number of rotatable bonds is 33. The predicted molar refractivity (Wildman–Crippen MR) is 423 cm³/mol. The van der Waals surface area contributed by atoms with Crippen LogP contribution in [0.25, 0.3) is 65.4 Å². The maximum atomic E-state index is 13.2. The number of hydrogen-bond acceptors (Lipinski definition) is 18. The van der Waals surface area contributed by atoms with E-state index in [1.54, 1.807) is 0 Å². The number of halogens is 2. The standard InChI is InChI=1S/C30H36N3O8P.C29H34F2N3O6P.C23H23N3/c1-20-16-24(41-13-12-39-10-11-40-14-15-42(36,37)38)7-6-23(20)5-2-22-17-26-25-8-3-21(4-9-28(34)35)18-27(25)33-30(31)29(26)32-19-22;1-19-3-8-24-25-17-21(18-33-27(25)28(32)34-26(24)15-19)4-5-22-6-7-23(16-20(22)2)40-14-13-39-12-11-38-10-9-29(30,31)41(35,36)37;1-14-4-7-18(16(3)10-14)8-6-17-12-20-19-9-5-15(2)11-21(19)26-23(24)22(20)25-13-17/h3,6-8,16-19H,2,4-5,9-15H2,1H3,(H2,31,33)(H,34,35)(H2,36,37,38);3,6-8,15-18H,4-5,9-14H2,1-2H3,(H2,32,34)(H2,35,36,37);4-5,7,9-13H,6,8H2,1-3H3,(H2,24,26). The normalized spacial score (nSPS) is 11.9. The molecule has 0 spiro atoms. The minimum Gasteiger partial charge on any atom is -0.491 e. The molecule has 0 amide bonds. The van der Waals surface area contributed by atoms with Crippen LogP contribution in [0.3, 0.4) is 0 Å². The number of nitrogens with zero attached hydrogens (tertiary/aromatic N) is 6. The molecule has 12 aromatic rings. The molecule has 0 radical (unpaired) electrons. The highest BCUT2D eigenvalue weighted by molar-refractivity contribution is 7.53. The summed E-state index contributed by atoms with van der Waals surface area (Å²) >= 11 is 0. The number of alkyl halides is 2. The first kappa shape index (κ1) is 81.8. The molecule has 0 unspecified atom stereocenters. The van der Waals surface area contributed by atoms with Crippen molar-refractivity contribution >= 4 is 104 Å². The summed E-state index contributed by atoms with van der Waals surface area (Å²) in [4.78, 5) is 73.0. The molecule has 109 heavy (non-hydrogen) atoms. The largest absolute Gasteiger partial charge is 0.491 e. The molecule has 0 aliphatic heterocycles. The van der Waals surface area contributed by atoms with Gasteiger partial charge in [0.15, 0.2) is 17.5 Å². The van der Waals surface area contributed by atoms with Crippen LogP contribution in [-0.2, 0) is 77.8 Å². The van der Waals surface area contributed by atoms with E-state index in [0.717, 1.165) is 132 Å². The summed E-state index contributed by atoms with van der Waals surface area (Å²) in [5.41, 5.74) is 34.4. The van der Waals surface area contributed by atoms with E-state index in [0.29, 0.717) is 67.1 Å². The van der Waals surface area contributed by atoms with Gasteiger partial charge in [-0.25, -0.2) is 15.0 Å². The fourth-order valence-electron chi connectivity index (χ4n) is 12.6. The maximum Gasteiger partial charge on any atom is 0.394 e. The third-order valence-electron chi connectivity index (χ3n) is 18.6. The van der Waals surface area contributed by atoms with Gasteiger partial charge in [0.05, 0.1) is 75.6 Å². The molecule has 0 bridgehead atoms. The second-order valence-corrected chi connectivity index (χ2v) is 30.6. The van der Waals surface area contributed by atoms with Crippen molar-refractivity contribution in [3.8, 4) is 11.5 Å². The van der Waals surface area contributed by atoms with Gasteiger partial charge in [-0.3, -0.25) is 28.9 Å². The SMILES string of the molecule is Cc1cc(OCCOCCOCCP(=O)(O)O)ccc1CCc1cnc2c(N)nc3cc(CCC(=O)O)ccc3c2c1.Cc1ccc(CCc2cnc3c(N)nc4cc(C)ccc4c3c2)c(C)c1.Cc1ccc2c(c1)nc(N)c1ncc(CCc3ccc(OCCOCCOCCC(F)(F)P(=O)(O)O)cc3C)cc12. The number of benzene rings is 6. The smallest absolute Gasteiger partial charge is 0.394 e. The lowest BCUT2D eigenvalue weighted by Crippen LogP contribution is -2.20. The van der Waals surface area contributed by atoms with Gasteiger partial charge < -0.3 is 70.3 Å². The van der Waals surface area contributed by atoms with Gasteiger partial charge in [0.25, 0.3) is 0 Å². The molecular weight excluding hydrogens is 1430 g/mol. The zero-order valence-corrected chi connectivity index (χ0v) is 63.8. The average Bonchev–Trinajstić information content (AvgIpc) is 0.779. The van der Waals surface area contributed by atoms with Crippen molar-refractivity contribution in [3.63, 3.8) is 0 Å². The van der Waals surface area contributed by atoms with Crippen LogP contribution in [0, 0.1) is 41.5 Å². The summed E-state index contributed by atoms with van der Waals surface area (Å²) in [7, 11) is -9.51. The fraction of sp³-hybridized carbons (Fsp3) is 0.329. The molecule has 574 valence electrons. The van der Waals surface area contributed by atoms with Crippen molar-refractivity contribution in [1.29, 1.82) is 0 Å². The Morgan fingerprint density at radius 3 is 1.18 bits per heavy atom. The highest BCUT2D eigenvalue weighted by Crippen LogP contribution is 2.54. The van der Waals surface area contributed by atoms with Crippen molar-refractivity contribution in [2.75, 3.05) is 89.4 Å². The van der Waals surface area contributed by atoms with Crippen LogP contribution >= 0.6 is 15.2 Å². The van der Waals surface area contributed by atoms with Crippen molar-refractivity contribution in [3.05, 3.63) is 218 Å². The van der Waals surface area contributed by atoms with Crippen molar-refractivity contribution in [1.82, 2.24) is 29.9 Å². The van der Waals surface area contributed by atoms with E-state index in [2.05, 4.69) is 123 Å². The van der Waals surface area contributed by atoms with Gasteiger partial charge in [0.2, 0.25) is 0 Å². The molecule has 0 saturated carbocycles. The molecule has 0 fully saturated rings. The van der Waals surface area contributed by atoms with E-state index >= 15 is 0 Å². The van der Waals surface area contributed by atoms with Crippen molar-refractivity contribution < 1.29 is 75.8 Å². The number of carbonyl (C=O) groups is 1. The number of nitrogen functional groups attached to an aromatic ring is 3. The number of aliphatic carboxylic acids is 1. The van der Waals surface area contributed by atoms with Gasteiger partial charge in [-0.05, 0) is 214 Å². The Labute approximate surface area is 630 Å². The fourth-order valence-corrected chi connectivity index (χ4v) is 13.3. The highest BCUT2D eigenvalue weighted by atomic mass is 31.2. The van der Waals surface area contributed by atoms with Crippen LogP contribution in [0.4, 0.5) is 26.2 Å². The minimum atomic E-state index is -5.48. The summed E-state index contributed by atoms with van der Waals surface area (Å²) in [5.74, 6) is 1.91. The zero-order valence-electron chi connectivity index (χ0n) is 62.0. The van der Waals surface area contributed by atoms with Crippen LogP contribution in [-0.4, -0.2) is 138 Å². The number of pyridine rings is 6. The number of carboxylic acids is 1. The Morgan fingerprint density at radius 2 is 0.780 bits per heavy atom. The third kappa shape index (κ3) is 23.2. The summed E-state index contributed by atoms with van der Waals surface area (Å²) in [5, 5.41) is 15.1. The lowest BCUT2D eigenvalue weighted by atomic mass is 9.98. The number of carboxylic acid groups (broad SMARTS) is 1. The molecule has 11 N–H and O–H groups in total. The molecule has 23 nitrogen and oxygen atoms in total. The van der Waals surface area contributed by atoms with Gasteiger partial charge in [-0.1, -0.05) is 72.3 Å². The first-order valence-electron chi connectivity index (χ1n) is 35.9. The lowest BCUT2D eigenvalue weighted by molar-refractivity contribution is -0.137. The number of fused-ring (bicyclic) bond motifs is 9. The monoisotopic (exact) mass is 1530 g/mol. The molecule has 0 saturated heterocycles. The summed E-state index contributed by atoms with van der Waals surface area (Å²) in [6, 6.07) is 43.3. The Bertz CT molecular complexity index is 5320. The number of nitrogens with two attached hydrogens (primary N) is 3. The summed E-state index contributed by atoms with van der Waals surface area (Å²) < 4.78 is 80.2. The number of ether oxygens (including phenoxy) is 6. The highest BCUT2D eigenvalue weighted by Gasteiger charge is 2.48. The number of hydrogen-bond donors (Lipinski definition) is 8. The average molecular weight is 1530 g/mol. The van der Waals surface area contributed by atoms with E-state index in [4.69, 9.17) is 70.3 Å². The number of aromatic nitrogens is 6. The van der Waals surface area contributed by atoms with Crippen molar-refractivity contribution in [2.45, 2.75) is 105 Å². The molecule has 0 atom stereocenters. The van der Waals surface area contributed by atoms with E-state index < -0.39 is 39.9 Å². The van der Waals surface area contributed by atoms with E-state index in [9.17, 15) is 22.7 Å². The Balaban J connectivity index is 0.000000179. The van der Waals surface area contributed by atoms with E-state index in [-0.39, 0.29) is 45.6 Å². The van der Waals surface area contributed by atoms with Crippen LogP contribution in [0.15, 0.2) is 146 Å². The molecule has 6 aromatic heterocycles. The molecule has 0 aliphatic carbocycles. The Hall–Kier alpha value is -9.75. The van der Waals surface area contributed by atoms with Gasteiger partial charge in [0.1, 0.15) is 41.3 Å². The number of aryl methyl sites for hydroxylation is 13. The second-order valence-electron chi connectivity index (χ2n) is 27.1. The van der Waals surface area contributed by atoms with Crippen LogP contribution in [0.5, 0.6) is 11.5 Å². The molecule has 12 rings (SSSR count). The van der Waals surface area contributed by atoms with E-state index in [1.165, 1.54) is 38.9 Å². The number of anilines is 3. The summed E-state index contributed by atoms with van der Waals surface area (Å²) in [6.45, 7) is 14.1. The zero-order chi connectivity index (χ0) is 78.0. The molecule has 6 aromatic carbocycles. The Morgan fingerprint density at radius 1 is 0.413 bits per heavy atom. The van der Waals surface area contributed by atoms with Gasteiger partial charge >= 0.3 is 26.8 Å². The maximum absolute atomic E-state index is 13.2. The van der Waals surface area contributed by atoms with Gasteiger partial charge in [-0.2, -0.15) is 8.78 Å². The minimum absolute atomic E-state index is 0.00545. The van der Waals surface area contributed by atoms with Crippen molar-refractivity contribution in [2.24, 2.45) is 0 Å². The molecule has 0 aliphatic rings. The first-order chi connectivity index (χ1) is 52.0. The van der Waals surface area contributed by atoms with Crippen LogP contribution in [0.1, 0.15) is 85.2 Å². The lowest BCUT2D eigenvalue weighted by Gasteiger charge is -2.17. The van der Waals surface area contributed by atoms with Crippen LogP contribution < -0.4 is 26.7 Å². The third-order valence-corrected chi connectivity index (χ3v) is 20.4. The predicted octanol–water partition coefficient (Wildman–Crippen LogP) is 14.5. The topological polar surface area (TPSA) is 363 Å². The molecule has 6 heterocycles. The Kier molecular flexibility index (Phi) is 28.2. The molecular formula is C82H93F2N9O14P2. The second kappa shape index (κ2) is 37.6. The first-order valence-corrected chi connectivity index (χ1v) is 39.3.